The van der Waals surface area contributed by atoms with Crippen LogP contribution in [-0.2, 0) is 9.31 Å². The summed E-state index contributed by atoms with van der Waals surface area (Å²) >= 11 is 0. The average molecular weight is 446 g/mol. The molecule has 34 heavy (non-hydrogen) atoms. The van der Waals surface area contributed by atoms with Crippen LogP contribution < -0.4 is 5.46 Å². The van der Waals surface area contributed by atoms with Gasteiger partial charge in [0.2, 0.25) is 0 Å². The average Bonchev–Trinajstić information content (AvgIpc) is 3.31. The van der Waals surface area contributed by atoms with Gasteiger partial charge in [0.1, 0.15) is 11.2 Å². The zero-order valence-corrected chi connectivity index (χ0v) is 20.0. The minimum Gasteiger partial charge on any atom is -0.456 e. The lowest BCUT2D eigenvalue weighted by Gasteiger charge is -2.32. The molecule has 3 nitrogen and oxygen atoms in total. The number of para-hydroxylation sites is 1. The van der Waals surface area contributed by atoms with Crippen molar-refractivity contribution in [1.29, 1.82) is 0 Å². The van der Waals surface area contributed by atoms with Gasteiger partial charge in [-0.25, -0.2) is 0 Å². The van der Waals surface area contributed by atoms with Gasteiger partial charge in [-0.3, -0.25) is 0 Å². The highest BCUT2D eigenvalue weighted by molar-refractivity contribution is 6.62. The summed E-state index contributed by atoms with van der Waals surface area (Å²) in [6, 6.07) is 31.7. The third kappa shape index (κ3) is 3.46. The molecule has 0 bridgehead atoms. The van der Waals surface area contributed by atoms with E-state index >= 15 is 0 Å². The molecular weight excluding hydrogens is 419 g/mol. The molecule has 1 fully saturated rings. The predicted molar refractivity (Wildman–Crippen MR) is 140 cm³/mol. The fourth-order valence-electron chi connectivity index (χ4n) is 4.64. The van der Waals surface area contributed by atoms with Gasteiger partial charge in [-0.2, -0.15) is 0 Å². The molecule has 0 radical (unpaired) electrons. The first kappa shape index (κ1) is 21.2. The molecule has 0 aliphatic carbocycles. The van der Waals surface area contributed by atoms with Crippen molar-refractivity contribution in [2.45, 2.75) is 38.9 Å². The first-order valence-corrected chi connectivity index (χ1v) is 11.8. The molecule has 0 unspecified atom stereocenters. The van der Waals surface area contributed by atoms with E-state index in [0.29, 0.717) is 0 Å². The summed E-state index contributed by atoms with van der Waals surface area (Å²) in [5.74, 6) is 0. The van der Waals surface area contributed by atoms with Gasteiger partial charge in [-0.05, 0) is 79.7 Å². The van der Waals surface area contributed by atoms with Crippen molar-refractivity contribution in [3.05, 3.63) is 91.0 Å². The minimum atomic E-state index is -0.428. The lowest BCUT2D eigenvalue weighted by Crippen LogP contribution is -2.41. The highest BCUT2D eigenvalue weighted by atomic mass is 16.7. The highest BCUT2D eigenvalue weighted by Gasteiger charge is 2.51. The summed E-state index contributed by atoms with van der Waals surface area (Å²) in [7, 11) is -0.428. The number of benzene rings is 4. The third-order valence-corrected chi connectivity index (χ3v) is 7.30. The van der Waals surface area contributed by atoms with E-state index in [2.05, 4.69) is 94.4 Å². The molecule has 1 aliphatic rings. The molecule has 0 N–H and O–H groups in total. The summed E-state index contributed by atoms with van der Waals surface area (Å²) in [5, 5.41) is 2.27. The Hall–Kier alpha value is -3.34. The molecule has 2 heterocycles. The number of furan rings is 1. The van der Waals surface area contributed by atoms with Gasteiger partial charge in [-0.1, -0.05) is 66.7 Å². The molecule has 0 atom stereocenters. The predicted octanol–water partition coefficient (Wildman–Crippen LogP) is 7.22. The molecule has 0 amide bonds. The maximum atomic E-state index is 6.40. The first-order valence-electron chi connectivity index (χ1n) is 11.8. The van der Waals surface area contributed by atoms with Crippen molar-refractivity contribution in [2.75, 3.05) is 0 Å². The van der Waals surface area contributed by atoms with Gasteiger partial charge < -0.3 is 13.7 Å². The van der Waals surface area contributed by atoms with Crippen LogP contribution in [-0.4, -0.2) is 18.3 Å². The van der Waals surface area contributed by atoms with Gasteiger partial charge in [-0.15, -0.1) is 0 Å². The van der Waals surface area contributed by atoms with E-state index in [1.807, 2.05) is 24.3 Å². The molecular formula is C30H27BO3. The van der Waals surface area contributed by atoms with E-state index in [1.54, 1.807) is 0 Å². The van der Waals surface area contributed by atoms with Crippen LogP contribution in [0.5, 0.6) is 0 Å². The third-order valence-electron chi connectivity index (χ3n) is 7.30. The van der Waals surface area contributed by atoms with Crippen LogP contribution in [0.25, 0.3) is 44.2 Å². The molecule has 5 aromatic rings. The van der Waals surface area contributed by atoms with Crippen LogP contribution in [0.4, 0.5) is 0 Å². The molecule has 1 aliphatic heterocycles. The number of rotatable bonds is 3. The van der Waals surface area contributed by atoms with Crippen LogP contribution in [0.15, 0.2) is 95.4 Å². The summed E-state index contributed by atoms with van der Waals surface area (Å²) < 4.78 is 19.0. The van der Waals surface area contributed by atoms with Crippen LogP contribution in [0.1, 0.15) is 27.7 Å². The Morgan fingerprint density at radius 2 is 1.15 bits per heavy atom. The van der Waals surface area contributed by atoms with Crippen LogP contribution in [0.3, 0.4) is 0 Å². The van der Waals surface area contributed by atoms with Crippen molar-refractivity contribution in [3.63, 3.8) is 0 Å². The van der Waals surface area contributed by atoms with Crippen LogP contribution >= 0.6 is 0 Å². The van der Waals surface area contributed by atoms with Gasteiger partial charge >= 0.3 is 7.12 Å². The molecule has 0 saturated carbocycles. The first-order chi connectivity index (χ1) is 16.3. The van der Waals surface area contributed by atoms with E-state index < -0.39 is 18.3 Å². The van der Waals surface area contributed by atoms with Crippen molar-refractivity contribution in [3.8, 4) is 22.3 Å². The molecule has 4 heteroatoms. The molecule has 0 spiro atoms. The van der Waals surface area contributed by atoms with Crippen molar-refractivity contribution < 1.29 is 13.7 Å². The SMILES string of the molecule is CC1(C)OB(c2cc(-c3ccccc3)cc(-c3ccc4c(c3)oc3ccccc34)c2)OC1(C)C. The van der Waals surface area contributed by atoms with Crippen LogP contribution in [0, 0.1) is 0 Å². The van der Waals surface area contributed by atoms with Gasteiger partial charge in [0, 0.05) is 10.8 Å². The van der Waals surface area contributed by atoms with Crippen LogP contribution in [0.2, 0.25) is 0 Å². The summed E-state index contributed by atoms with van der Waals surface area (Å²) in [6.07, 6.45) is 0. The van der Waals surface area contributed by atoms with E-state index in [0.717, 1.165) is 49.7 Å². The molecule has 1 aromatic heterocycles. The second-order valence-corrected chi connectivity index (χ2v) is 10.1. The molecule has 1 saturated heterocycles. The fourth-order valence-corrected chi connectivity index (χ4v) is 4.64. The topological polar surface area (TPSA) is 31.6 Å². The maximum absolute atomic E-state index is 6.40. The monoisotopic (exact) mass is 446 g/mol. The van der Waals surface area contributed by atoms with Crippen molar-refractivity contribution >= 4 is 34.5 Å². The highest BCUT2D eigenvalue weighted by Crippen LogP contribution is 2.38. The smallest absolute Gasteiger partial charge is 0.456 e. The lowest BCUT2D eigenvalue weighted by molar-refractivity contribution is 0.00578. The number of fused-ring (bicyclic) bond motifs is 3. The Morgan fingerprint density at radius 3 is 1.88 bits per heavy atom. The largest absolute Gasteiger partial charge is 0.494 e. The molecule has 168 valence electrons. The van der Waals surface area contributed by atoms with Gasteiger partial charge in [0.15, 0.2) is 0 Å². The number of hydrogen-bond donors (Lipinski definition) is 0. The Labute approximate surface area is 200 Å². The Kier molecular flexibility index (Phi) is 4.74. The summed E-state index contributed by atoms with van der Waals surface area (Å²) in [5.41, 5.74) is 6.52. The maximum Gasteiger partial charge on any atom is 0.494 e. The van der Waals surface area contributed by atoms with Crippen molar-refractivity contribution in [1.82, 2.24) is 0 Å². The van der Waals surface area contributed by atoms with E-state index in [9.17, 15) is 0 Å². The zero-order valence-electron chi connectivity index (χ0n) is 20.0. The van der Waals surface area contributed by atoms with E-state index in [-0.39, 0.29) is 0 Å². The van der Waals surface area contributed by atoms with E-state index in [1.165, 1.54) is 0 Å². The van der Waals surface area contributed by atoms with Gasteiger partial charge in [0.05, 0.1) is 11.2 Å². The normalized spacial score (nSPS) is 17.0. The zero-order chi connectivity index (χ0) is 23.5. The quantitative estimate of drug-likeness (QED) is 0.274. The molecule has 6 rings (SSSR count). The van der Waals surface area contributed by atoms with Gasteiger partial charge in [0.25, 0.3) is 0 Å². The molecule has 4 aromatic carbocycles. The standard InChI is InChI=1S/C30H27BO3/c1-29(2)30(3,4)34-31(33-29)24-17-22(20-10-6-5-7-11-20)16-23(18-24)21-14-15-26-25-12-8-9-13-27(25)32-28(26)19-21/h5-19H,1-4H3. The number of hydrogen-bond acceptors (Lipinski definition) is 3. The summed E-state index contributed by atoms with van der Waals surface area (Å²) in [6.45, 7) is 8.35. The Morgan fingerprint density at radius 1 is 0.529 bits per heavy atom. The van der Waals surface area contributed by atoms with E-state index in [4.69, 9.17) is 13.7 Å². The lowest BCUT2D eigenvalue weighted by atomic mass is 9.76. The Balaban J connectivity index is 1.50. The second kappa shape index (κ2) is 7.59. The second-order valence-electron chi connectivity index (χ2n) is 10.1. The Bertz CT molecular complexity index is 1500. The minimum absolute atomic E-state index is 0.395. The van der Waals surface area contributed by atoms with Crippen molar-refractivity contribution in [2.24, 2.45) is 0 Å². The fraction of sp³-hybridized carbons (Fsp3) is 0.200. The summed E-state index contributed by atoms with van der Waals surface area (Å²) in [4.78, 5) is 0.